The predicted molar refractivity (Wildman–Crippen MR) is 98.3 cm³/mol. The van der Waals surface area contributed by atoms with Gasteiger partial charge in [-0.25, -0.2) is 0 Å². The summed E-state index contributed by atoms with van der Waals surface area (Å²) in [6.07, 6.45) is 0.870. The summed E-state index contributed by atoms with van der Waals surface area (Å²) in [7, 11) is 8.34. The molecule has 3 heteroatoms. The van der Waals surface area contributed by atoms with Crippen LogP contribution in [0.4, 0.5) is 0 Å². The average Bonchev–Trinajstić information content (AvgIpc) is 2.49. The van der Waals surface area contributed by atoms with Crippen molar-refractivity contribution in [3.05, 3.63) is 70.8 Å². The van der Waals surface area contributed by atoms with Crippen LogP contribution in [0.5, 0.6) is 0 Å². The van der Waals surface area contributed by atoms with E-state index in [-0.39, 0.29) is 6.04 Å². The van der Waals surface area contributed by atoms with Gasteiger partial charge in [0.05, 0.1) is 0 Å². The molecule has 2 rings (SSSR count). The van der Waals surface area contributed by atoms with E-state index in [0.29, 0.717) is 0 Å². The van der Waals surface area contributed by atoms with Crippen molar-refractivity contribution in [2.45, 2.75) is 25.6 Å². The van der Waals surface area contributed by atoms with Gasteiger partial charge in [0.2, 0.25) is 0 Å². The molecule has 23 heavy (non-hydrogen) atoms. The van der Waals surface area contributed by atoms with Gasteiger partial charge in [0, 0.05) is 19.1 Å². The first-order chi connectivity index (χ1) is 10.9. The molecule has 124 valence electrons. The fourth-order valence-corrected chi connectivity index (χ4v) is 2.75. The van der Waals surface area contributed by atoms with Gasteiger partial charge in [-0.2, -0.15) is 0 Å². The predicted octanol–water partition coefficient (Wildman–Crippen LogP) is 3.05. The Labute approximate surface area is 140 Å². The molecule has 0 aromatic heterocycles. The molecule has 0 radical (unpaired) electrons. The van der Waals surface area contributed by atoms with E-state index in [4.69, 9.17) is 5.73 Å². The zero-order valence-electron chi connectivity index (χ0n) is 14.8. The van der Waals surface area contributed by atoms with E-state index in [1.54, 1.807) is 0 Å². The molecular weight excluding hydrogens is 282 g/mol. The first-order valence-corrected chi connectivity index (χ1v) is 8.15. The van der Waals surface area contributed by atoms with Gasteiger partial charge in [-0.15, -0.1) is 0 Å². The van der Waals surface area contributed by atoms with Gasteiger partial charge in [-0.3, -0.25) is 0 Å². The lowest BCUT2D eigenvalue weighted by Gasteiger charge is -2.15. The fourth-order valence-electron chi connectivity index (χ4n) is 2.75. The molecule has 2 N–H and O–H groups in total. The van der Waals surface area contributed by atoms with Crippen LogP contribution in [0.25, 0.3) is 0 Å². The van der Waals surface area contributed by atoms with E-state index >= 15 is 0 Å². The standard InChI is InChI=1S/C20H29N3/c1-22(2)14-17-7-5-16(6-8-17)13-20(21)19-11-9-18(10-12-19)15-23(3)4/h5-12,20H,13-15,21H2,1-4H3. The molecule has 3 nitrogen and oxygen atoms in total. The molecule has 0 heterocycles. The van der Waals surface area contributed by atoms with Crippen molar-refractivity contribution in [3.8, 4) is 0 Å². The van der Waals surface area contributed by atoms with Crippen LogP contribution >= 0.6 is 0 Å². The number of nitrogens with zero attached hydrogens (tertiary/aromatic N) is 2. The summed E-state index contributed by atoms with van der Waals surface area (Å²) in [6, 6.07) is 17.5. The lowest BCUT2D eigenvalue weighted by Crippen LogP contribution is -2.14. The monoisotopic (exact) mass is 311 g/mol. The van der Waals surface area contributed by atoms with Crippen molar-refractivity contribution in [2.75, 3.05) is 28.2 Å². The van der Waals surface area contributed by atoms with Crippen LogP contribution in [0.1, 0.15) is 28.3 Å². The van der Waals surface area contributed by atoms with Crippen LogP contribution in [0.15, 0.2) is 48.5 Å². The topological polar surface area (TPSA) is 32.5 Å². The highest BCUT2D eigenvalue weighted by Crippen LogP contribution is 2.18. The highest BCUT2D eigenvalue weighted by molar-refractivity contribution is 5.28. The maximum Gasteiger partial charge on any atom is 0.0335 e. The molecule has 0 aliphatic heterocycles. The molecule has 0 saturated heterocycles. The highest BCUT2D eigenvalue weighted by atomic mass is 15.1. The summed E-state index contributed by atoms with van der Waals surface area (Å²) < 4.78 is 0. The van der Waals surface area contributed by atoms with Gasteiger partial charge in [0.25, 0.3) is 0 Å². The zero-order valence-corrected chi connectivity index (χ0v) is 14.8. The minimum Gasteiger partial charge on any atom is -0.324 e. The Hall–Kier alpha value is -1.68. The third kappa shape index (κ3) is 5.79. The van der Waals surface area contributed by atoms with Crippen LogP contribution in [-0.4, -0.2) is 38.0 Å². The Bertz CT molecular complexity index is 585. The van der Waals surface area contributed by atoms with E-state index in [9.17, 15) is 0 Å². The van der Waals surface area contributed by atoms with E-state index in [1.807, 2.05) is 0 Å². The first-order valence-electron chi connectivity index (χ1n) is 8.15. The molecule has 1 unspecified atom stereocenters. The molecule has 0 bridgehead atoms. The summed E-state index contributed by atoms with van der Waals surface area (Å²) in [5.74, 6) is 0. The second kappa shape index (κ2) is 8.25. The molecule has 0 fully saturated rings. The van der Waals surface area contributed by atoms with Crippen LogP contribution < -0.4 is 5.73 Å². The minimum absolute atomic E-state index is 0.0445. The van der Waals surface area contributed by atoms with E-state index in [2.05, 4.69) is 86.5 Å². The largest absolute Gasteiger partial charge is 0.324 e. The van der Waals surface area contributed by atoms with Crippen LogP contribution in [0.2, 0.25) is 0 Å². The first kappa shape index (κ1) is 17.7. The minimum atomic E-state index is 0.0445. The van der Waals surface area contributed by atoms with Crippen molar-refractivity contribution >= 4 is 0 Å². The normalized spacial score (nSPS) is 12.8. The lowest BCUT2D eigenvalue weighted by molar-refractivity contribution is 0.402. The van der Waals surface area contributed by atoms with Crippen molar-refractivity contribution in [1.29, 1.82) is 0 Å². The Morgan fingerprint density at radius 2 is 1.09 bits per heavy atom. The average molecular weight is 311 g/mol. The summed E-state index contributed by atoms with van der Waals surface area (Å²) in [5.41, 5.74) is 11.5. The van der Waals surface area contributed by atoms with Crippen LogP contribution in [0.3, 0.4) is 0 Å². The molecule has 0 saturated carbocycles. The SMILES string of the molecule is CN(C)Cc1ccc(CC(N)c2ccc(CN(C)C)cc2)cc1. The Morgan fingerprint density at radius 3 is 1.52 bits per heavy atom. The van der Waals surface area contributed by atoms with Gasteiger partial charge in [-0.1, -0.05) is 48.5 Å². The number of hydrogen-bond acceptors (Lipinski definition) is 3. The van der Waals surface area contributed by atoms with Gasteiger partial charge in [0.1, 0.15) is 0 Å². The van der Waals surface area contributed by atoms with Crippen LogP contribution in [-0.2, 0) is 19.5 Å². The molecular formula is C20H29N3. The Balaban J connectivity index is 1.96. The smallest absolute Gasteiger partial charge is 0.0335 e. The Morgan fingerprint density at radius 1 is 0.696 bits per heavy atom. The van der Waals surface area contributed by atoms with Gasteiger partial charge < -0.3 is 15.5 Å². The van der Waals surface area contributed by atoms with Crippen molar-refractivity contribution in [3.63, 3.8) is 0 Å². The second-order valence-corrected chi connectivity index (χ2v) is 6.84. The molecule has 0 spiro atoms. The molecule has 2 aromatic rings. The molecule has 0 aliphatic rings. The zero-order chi connectivity index (χ0) is 16.8. The lowest BCUT2D eigenvalue weighted by atomic mass is 9.98. The van der Waals surface area contributed by atoms with Crippen molar-refractivity contribution < 1.29 is 0 Å². The van der Waals surface area contributed by atoms with Crippen LogP contribution in [0, 0.1) is 0 Å². The van der Waals surface area contributed by atoms with E-state index in [1.165, 1.54) is 22.3 Å². The number of nitrogens with two attached hydrogens (primary N) is 1. The number of benzene rings is 2. The fraction of sp³-hybridized carbons (Fsp3) is 0.400. The molecule has 0 amide bonds. The second-order valence-electron chi connectivity index (χ2n) is 6.84. The van der Waals surface area contributed by atoms with Gasteiger partial charge in [-0.05, 0) is 56.9 Å². The summed E-state index contributed by atoms with van der Waals surface area (Å²) in [4.78, 5) is 4.35. The number of hydrogen-bond donors (Lipinski definition) is 1. The van der Waals surface area contributed by atoms with Crippen molar-refractivity contribution in [1.82, 2.24) is 9.80 Å². The molecule has 0 aliphatic carbocycles. The maximum absolute atomic E-state index is 6.38. The van der Waals surface area contributed by atoms with Crippen molar-refractivity contribution in [2.24, 2.45) is 5.73 Å². The maximum atomic E-state index is 6.38. The van der Waals surface area contributed by atoms with E-state index in [0.717, 1.165) is 19.5 Å². The summed E-state index contributed by atoms with van der Waals surface area (Å²) in [6.45, 7) is 1.93. The third-order valence-electron chi connectivity index (χ3n) is 3.88. The molecule has 1 atom stereocenters. The highest BCUT2D eigenvalue weighted by Gasteiger charge is 2.08. The quantitative estimate of drug-likeness (QED) is 0.853. The van der Waals surface area contributed by atoms with Gasteiger partial charge in [0.15, 0.2) is 0 Å². The number of rotatable bonds is 7. The Kier molecular flexibility index (Phi) is 6.34. The molecule has 2 aromatic carbocycles. The van der Waals surface area contributed by atoms with Gasteiger partial charge >= 0.3 is 0 Å². The summed E-state index contributed by atoms with van der Waals surface area (Å²) in [5, 5.41) is 0. The third-order valence-corrected chi connectivity index (χ3v) is 3.88. The van der Waals surface area contributed by atoms with E-state index < -0.39 is 0 Å². The summed E-state index contributed by atoms with van der Waals surface area (Å²) >= 11 is 0.